The summed E-state index contributed by atoms with van der Waals surface area (Å²) in [6.45, 7) is 0. The summed E-state index contributed by atoms with van der Waals surface area (Å²) in [5, 5.41) is 6.84. The van der Waals surface area contributed by atoms with E-state index in [1.54, 1.807) is 12.3 Å². The van der Waals surface area contributed by atoms with Gasteiger partial charge in [0.15, 0.2) is 11.6 Å². The number of fused-ring (bicyclic) bond motifs is 1. The second-order valence-electron chi connectivity index (χ2n) is 7.38. The molecule has 8 heteroatoms. The Balaban J connectivity index is 1.64. The predicted molar refractivity (Wildman–Crippen MR) is 115 cm³/mol. The van der Waals surface area contributed by atoms with E-state index in [4.69, 9.17) is 11.6 Å². The number of benzene rings is 2. The molecular formula is C23H20ClF2N3O2. The first-order valence-corrected chi connectivity index (χ1v) is 10.1. The Morgan fingerprint density at radius 3 is 2.26 bits per heavy atom. The van der Waals surface area contributed by atoms with E-state index in [1.165, 1.54) is 7.11 Å². The Bertz CT molecular complexity index is 1090. The first-order chi connectivity index (χ1) is 14.9. The van der Waals surface area contributed by atoms with Crippen molar-refractivity contribution in [3.63, 3.8) is 0 Å². The largest absolute Gasteiger partial charge is 0.469 e. The Hall–Kier alpha value is -3.19. The molecule has 31 heavy (non-hydrogen) atoms. The van der Waals surface area contributed by atoms with Crippen molar-refractivity contribution in [1.82, 2.24) is 4.98 Å². The van der Waals surface area contributed by atoms with Gasteiger partial charge >= 0.3 is 5.97 Å². The van der Waals surface area contributed by atoms with Gasteiger partial charge in [0, 0.05) is 36.7 Å². The highest BCUT2D eigenvalue weighted by Gasteiger charge is 2.40. The highest BCUT2D eigenvalue weighted by molar-refractivity contribution is 6.30. The molecule has 160 valence electrons. The van der Waals surface area contributed by atoms with Gasteiger partial charge in [-0.2, -0.15) is 0 Å². The van der Waals surface area contributed by atoms with Crippen LogP contribution in [0.2, 0.25) is 5.15 Å². The Morgan fingerprint density at radius 1 is 1.06 bits per heavy atom. The van der Waals surface area contributed by atoms with Crippen molar-refractivity contribution in [2.75, 3.05) is 17.7 Å². The number of esters is 1. The van der Waals surface area contributed by atoms with Crippen LogP contribution in [-0.2, 0) is 28.0 Å². The number of halogens is 3. The number of methoxy groups -OCH3 is 1. The van der Waals surface area contributed by atoms with Crippen molar-refractivity contribution in [2.24, 2.45) is 0 Å². The van der Waals surface area contributed by atoms with E-state index in [0.717, 1.165) is 23.3 Å². The van der Waals surface area contributed by atoms with Crippen molar-refractivity contribution in [1.29, 1.82) is 0 Å². The zero-order chi connectivity index (χ0) is 22.0. The highest BCUT2D eigenvalue weighted by atomic mass is 35.5. The number of ether oxygens (including phenoxy) is 1. The van der Waals surface area contributed by atoms with E-state index in [0.29, 0.717) is 36.2 Å². The third-order valence-electron chi connectivity index (χ3n) is 5.31. The molecule has 0 unspecified atom stereocenters. The first-order valence-electron chi connectivity index (χ1n) is 9.71. The van der Waals surface area contributed by atoms with Crippen LogP contribution >= 0.6 is 11.6 Å². The van der Waals surface area contributed by atoms with Crippen LogP contribution in [0.3, 0.4) is 0 Å². The van der Waals surface area contributed by atoms with Gasteiger partial charge in [0.25, 0.3) is 0 Å². The lowest BCUT2D eigenvalue weighted by Crippen LogP contribution is -2.41. The molecule has 0 amide bonds. The fraction of sp³-hybridized carbons (Fsp3) is 0.217. The SMILES string of the molecule is COC(=O)CCc1ccc(CC2(c3cccnc3Cl)Nc3cc(F)c(F)cc3N2)cc1. The zero-order valence-corrected chi connectivity index (χ0v) is 17.5. The summed E-state index contributed by atoms with van der Waals surface area (Å²) in [7, 11) is 1.37. The highest BCUT2D eigenvalue weighted by Crippen LogP contribution is 2.43. The molecule has 0 fully saturated rings. The number of carbonyl (C=O) groups excluding carboxylic acids is 1. The van der Waals surface area contributed by atoms with Crippen LogP contribution in [0.25, 0.3) is 0 Å². The molecule has 0 radical (unpaired) electrons. The minimum absolute atomic E-state index is 0.258. The summed E-state index contributed by atoms with van der Waals surface area (Å²) in [4.78, 5) is 15.5. The maximum atomic E-state index is 13.8. The maximum absolute atomic E-state index is 13.8. The maximum Gasteiger partial charge on any atom is 0.305 e. The Labute approximate surface area is 183 Å². The molecule has 2 aromatic carbocycles. The fourth-order valence-corrected chi connectivity index (χ4v) is 4.03. The zero-order valence-electron chi connectivity index (χ0n) is 16.7. The molecule has 2 heterocycles. The number of hydrogen-bond acceptors (Lipinski definition) is 5. The minimum Gasteiger partial charge on any atom is -0.469 e. The molecule has 5 nitrogen and oxygen atoms in total. The molecule has 1 aliphatic heterocycles. The quantitative estimate of drug-likeness (QED) is 0.412. The van der Waals surface area contributed by atoms with Gasteiger partial charge in [-0.1, -0.05) is 41.9 Å². The number of pyridine rings is 1. The van der Waals surface area contributed by atoms with Gasteiger partial charge in [-0.05, 0) is 23.6 Å². The lowest BCUT2D eigenvalue weighted by molar-refractivity contribution is -0.140. The van der Waals surface area contributed by atoms with Crippen molar-refractivity contribution >= 4 is 28.9 Å². The number of aromatic nitrogens is 1. The van der Waals surface area contributed by atoms with Crippen LogP contribution in [0.15, 0.2) is 54.7 Å². The van der Waals surface area contributed by atoms with Crippen molar-refractivity contribution in [3.8, 4) is 0 Å². The van der Waals surface area contributed by atoms with Gasteiger partial charge in [-0.15, -0.1) is 0 Å². The Morgan fingerprint density at radius 2 is 1.68 bits per heavy atom. The van der Waals surface area contributed by atoms with Crippen LogP contribution in [0.5, 0.6) is 0 Å². The summed E-state index contributed by atoms with van der Waals surface area (Å²) in [5.74, 6) is -2.13. The van der Waals surface area contributed by atoms with Crippen LogP contribution in [-0.4, -0.2) is 18.1 Å². The molecule has 0 atom stereocenters. The molecular weight excluding hydrogens is 424 g/mol. The number of anilines is 2. The summed E-state index contributed by atoms with van der Waals surface area (Å²) >= 11 is 6.39. The monoisotopic (exact) mass is 443 g/mol. The number of aryl methyl sites for hydroxylation is 1. The molecule has 0 bridgehead atoms. The average molecular weight is 444 g/mol. The summed E-state index contributed by atoms with van der Waals surface area (Å²) in [5.41, 5.74) is 2.55. The van der Waals surface area contributed by atoms with Crippen LogP contribution in [0.4, 0.5) is 20.2 Å². The second kappa shape index (κ2) is 8.51. The normalized spacial score (nSPS) is 13.8. The molecule has 0 saturated carbocycles. The third kappa shape index (κ3) is 4.32. The predicted octanol–water partition coefficient (Wildman–Crippen LogP) is 5.05. The van der Waals surface area contributed by atoms with Crippen LogP contribution in [0, 0.1) is 11.6 Å². The molecule has 2 N–H and O–H groups in total. The topological polar surface area (TPSA) is 63.2 Å². The van der Waals surface area contributed by atoms with E-state index in [-0.39, 0.29) is 11.1 Å². The smallest absolute Gasteiger partial charge is 0.305 e. The van der Waals surface area contributed by atoms with Crippen molar-refractivity contribution in [3.05, 3.63) is 88.2 Å². The van der Waals surface area contributed by atoms with Gasteiger partial charge in [0.05, 0.1) is 18.5 Å². The third-order valence-corrected chi connectivity index (χ3v) is 5.61. The van der Waals surface area contributed by atoms with Crippen LogP contribution < -0.4 is 10.6 Å². The molecule has 0 spiro atoms. The van der Waals surface area contributed by atoms with Gasteiger partial charge in [0.2, 0.25) is 0 Å². The molecule has 0 saturated heterocycles. The van der Waals surface area contributed by atoms with Gasteiger partial charge in [-0.3, -0.25) is 4.79 Å². The number of carbonyl (C=O) groups is 1. The first kappa shape index (κ1) is 21.1. The summed E-state index contributed by atoms with van der Waals surface area (Å²) in [6, 6.07) is 13.6. The number of hydrogen-bond donors (Lipinski definition) is 2. The van der Waals surface area contributed by atoms with E-state index in [9.17, 15) is 13.6 Å². The van der Waals surface area contributed by atoms with Gasteiger partial charge < -0.3 is 15.4 Å². The number of nitrogens with zero attached hydrogens (tertiary/aromatic N) is 1. The average Bonchev–Trinajstić information content (AvgIpc) is 3.11. The van der Waals surface area contributed by atoms with Gasteiger partial charge in [0.1, 0.15) is 10.8 Å². The number of rotatable bonds is 6. The lowest BCUT2D eigenvalue weighted by atomic mass is 9.92. The van der Waals surface area contributed by atoms with Gasteiger partial charge in [-0.25, -0.2) is 13.8 Å². The summed E-state index contributed by atoms with van der Waals surface area (Å²) < 4.78 is 32.3. The van der Waals surface area contributed by atoms with Crippen molar-refractivity contribution < 1.29 is 18.3 Å². The standard InChI is InChI=1S/C23H20ClF2N3O2/c1-31-21(30)9-8-14-4-6-15(7-5-14)13-23(16-3-2-10-27-22(16)24)28-19-11-17(25)18(26)12-20(19)29-23/h2-7,10-12,28-29H,8-9,13H2,1H3. The van der Waals surface area contributed by atoms with E-state index < -0.39 is 17.3 Å². The second-order valence-corrected chi connectivity index (χ2v) is 7.74. The molecule has 1 aromatic heterocycles. The lowest BCUT2D eigenvalue weighted by Gasteiger charge is -2.32. The molecule has 3 aromatic rings. The van der Waals surface area contributed by atoms with E-state index in [1.807, 2.05) is 30.3 Å². The molecule has 0 aliphatic carbocycles. The summed E-state index contributed by atoms with van der Waals surface area (Å²) in [6.07, 6.45) is 2.89. The molecule has 4 rings (SSSR count). The van der Waals surface area contributed by atoms with E-state index in [2.05, 4.69) is 20.4 Å². The van der Waals surface area contributed by atoms with E-state index >= 15 is 0 Å². The van der Waals surface area contributed by atoms with Crippen molar-refractivity contribution in [2.45, 2.75) is 24.9 Å². The Kier molecular flexibility index (Phi) is 5.78. The minimum atomic E-state index is -0.943. The number of nitrogens with one attached hydrogen (secondary N) is 2. The fourth-order valence-electron chi connectivity index (χ4n) is 3.75. The molecule has 1 aliphatic rings. The van der Waals surface area contributed by atoms with Crippen LogP contribution in [0.1, 0.15) is 23.1 Å².